The molecule has 133 heavy (non-hydrogen) atoms. The largest absolute Gasteiger partial charge is 0.334 e. The molecular weight excluding hydrogens is 1630 g/mol. The van der Waals surface area contributed by atoms with Crippen LogP contribution in [0.1, 0.15) is 22.3 Å². The Balaban J connectivity index is 0.000000116. The summed E-state index contributed by atoms with van der Waals surface area (Å²) in [6.07, 6.45) is 0. The molecule has 0 unspecified atom stereocenters. The Labute approximate surface area is 768 Å². The predicted octanol–water partition coefficient (Wildman–Crippen LogP) is 31.1. The molecule has 0 bridgehead atoms. The van der Waals surface area contributed by atoms with Crippen molar-refractivity contribution in [2.45, 2.75) is 27.7 Å². The summed E-state index contributed by atoms with van der Waals surface area (Å²) in [4.78, 5) is 21.0. The Morgan fingerprint density at radius 3 is 0.865 bits per heavy atom. The van der Waals surface area contributed by atoms with Gasteiger partial charge in [0.1, 0.15) is 0 Å². The van der Waals surface area contributed by atoms with Gasteiger partial charge in [-0.1, -0.05) is 276 Å². The van der Waals surface area contributed by atoms with Crippen molar-refractivity contribution in [2.24, 2.45) is 0 Å². The molecule has 0 spiro atoms. The van der Waals surface area contributed by atoms with Gasteiger partial charge in [-0.15, -0.1) is 0 Å². The lowest BCUT2D eigenvalue weighted by Crippen LogP contribution is -2.12. The number of rotatable bonds is 18. The second-order valence-electron chi connectivity index (χ2n) is 32.9. The third kappa shape index (κ3) is 15.5. The van der Waals surface area contributed by atoms with Crippen LogP contribution in [-0.4, -0.2) is 44.1 Å². The second kappa shape index (κ2) is 35.4. The first-order valence-electron chi connectivity index (χ1n) is 44.5. The topological polar surface area (TPSA) is 141 Å². The van der Waals surface area contributed by atoms with E-state index < -0.39 is 0 Å². The highest BCUT2D eigenvalue weighted by molar-refractivity contribution is 6.11. The van der Waals surface area contributed by atoms with Gasteiger partial charge < -0.3 is 42.0 Å². The third-order valence-electron chi connectivity index (χ3n) is 24.9. The smallest absolute Gasteiger partial charge is 0.258 e. The van der Waals surface area contributed by atoms with Crippen LogP contribution in [0.15, 0.2) is 462 Å². The minimum absolute atomic E-state index is 0.482. The molecule has 15 heteroatoms. The minimum Gasteiger partial charge on any atom is -0.334 e. The molecule has 0 fully saturated rings. The number of aryl methyl sites for hydroxylation is 2. The Hall–Kier alpha value is -17.8. The highest BCUT2D eigenvalue weighted by Crippen LogP contribution is 2.46. The average molecular weight is 1720 g/mol. The van der Waals surface area contributed by atoms with Crippen molar-refractivity contribution in [3.63, 3.8) is 0 Å². The van der Waals surface area contributed by atoms with Crippen molar-refractivity contribution in [2.75, 3.05) is 14.7 Å². The van der Waals surface area contributed by atoms with Crippen LogP contribution in [-0.2, 0) is 0 Å². The third-order valence-corrected chi connectivity index (χ3v) is 24.9. The van der Waals surface area contributed by atoms with Crippen LogP contribution in [0.3, 0.4) is 0 Å². The highest BCUT2D eigenvalue weighted by atomic mass is 16.5. The number of benzene rings is 18. The van der Waals surface area contributed by atoms with Crippen molar-refractivity contribution in [3.05, 3.63) is 471 Å². The monoisotopic (exact) mass is 1720 g/mol. The van der Waals surface area contributed by atoms with Gasteiger partial charge in [-0.05, 0) is 238 Å². The van der Waals surface area contributed by atoms with Gasteiger partial charge in [0, 0.05) is 134 Å². The molecule has 24 rings (SSSR count). The average Bonchev–Trinajstić information content (AvgIpc) is 1.61. The first-order chi connectivity index (χ1) is 65.7. The van der Waals surface area contributed by atoms with Gasteiger partial charge in [0.05, 0.1) is 33.1 Å². The Morgan fingerprint density at radius 2 is 0.489 bits per heavy atom. The van der Waals surface area contributed by atoms with Gasteiger partial charge in [-0.25, -0.2) is 0 Å². The van der Waals surface area contributed by atoms with E-state index in [2.05, 4.69) is 404 Å². The summed E-state index contributed by atoms with van der Waals surface area (Å²) >= 11 is 0. The first kappa shape index (κ1) is 81.0. The molecule has 6 aromatic heterocycles. The molecule has 24 aromatic rings. The standard InChI is InChI=1S/2C40H30N4O.C38H26N4O/c1-27-26-38(28(2)25-35(27)40-41-39(42-45-40)29-13-5-3-6-14-29)43(30-15-7-4-8-16-30)31-21-23-32(24-22-31)44-36-19-11-9-17-33(36)34-18-10-12-20-37(34)44;1-27-28(2)36(26-25-33(27)40-41-39(42-45-40)29-13-5-3-6-14-29)43(30-15-7-4-8-16-30)31-21-23-32(24-22-31)44-37-19-11-9-17-34(37)35-18-10-12-20-38(35)44;1-3-12-27(13-4-1)37-39-38(43-40-37)28-14-11-17-32(26-28)41(29-15-5-2-6-16-29)30-22-24-31(25-23-30)42-35-20-9-7-18-33(35)34-19-8-10-21-36(34)42/h2*3-26H,1-2H3;1-26H. The zero-order chi connectivity index (χ0) is 89.2. The van der Waals surface area contributed by atoms with Crippen LogP contribution in [0.5, 0.6) is 0 Å². The second-order valence-corrected chi connectivity index (χ2v) is 32.9. The van der Waals surface area contributed by atoms with Crippen LogP contribution in [0.2, 0.25) is 0 Å². The number of hydrogen-bond acceptors (Lipinski definition) is 12. The number of aromatic nitrogens is 9. The predicted molar refractivity (Wildman–Crippen MR) is 542 cm³/mol. The van der Waals surface area contributed by atoms with Crippen LogP contribution >= 0.6 is 0 Å². The number of hydrogen-bond donors (Lipinski definition) is 0. The van der Waals surface area contributed by atoms with E-state index in [0.29, 0.717) is 35.1 Å². The number of nitrogens with zero attached hydrogens (tertiary/aromatic N) is 12. The van der Waals surface area contributed by atoms with Crippen molar-refractivity contribution in [3.8, 4) is 85.6 Å². The SMILES string of the molecule is Cc1c(-c2nc(-c3ccccc3)no2)ccc(N(c2ccccc2)c2ccc(-n3c4ccccc4c4ccccc43)cc2)c1C.Cc1cc(N(c2ccccc2)c2ccc(-n3c4ccccc4c4ccccc43)cc2)c(C)cc1-c1nc(-c2ccccc2)no1.c1ccc(-c2noc(-c3cccc(N(c4ccccc4)c4ccc(-n5c6ccccc6c6ccccc65)cc4)c3)n2)cc1. The fourth-order valence-electron chi connectivity index (χ4n) is 18.3. The van der Waals surface area contributed by atoms with E-state index in [4.69, 9.17) is 23.5 Å². The molecular formula is C118H86N12O3. The van der Waals surface area contributed by atoms with Crippen molar-refractivity contribution >= 4 is 117 Å². The summed E-state index contributed by atoms with van der Waals surface area (Å²) in [6, 6.07) is 156. The minimum atomic E-state index is 0.482. The highest BCUT2D eigenvalue weighted by Gasteiger charge is 2.26. The Bertz CT molecular complexity index is 7860. The molecule has 6 heterocycles. The van der Waals surface area contributed by atoms with Gasteiger partial charge in [0.25, 0.3) is 17.7 Å². The van der Waals surface area contributed by atoms with Crippen molar-refractivity contribution in [1.82, 2.24) is 44.1 Å². The van der Waals surface area contributed by atoms with Crippen molar-refractivity contribution < 1.29 is 13.6 Å². The van der Waals surface area contributed by atoms with Crippen LogP contribution < -0.4 is 14.7 Å². The summed E-state index contributed by atoms with van der Waals surface area (Å²) in [5.41, 5.74) is 30.0. The zero-order valence-electron chi connectivity index (χ0n) is 73.3. The maximum absolute atomic E-state index is 5.74. The van der Waals surface area contributed by atoms with Gasteiger partial charge in [-0.2, -0.15) is 15.0 Å². The van der Waals surface area contributed by atoms with E-state index in [1.54, 1.807) is 0 Å². The van der Waals surface area contributed by atoms with Gasteiger partial charge in [0.2, 0.25) is 17.5 Å². The lowest BCUT2D eigenvalue weighted by molar-refractivity contribution is 0.432. The normalized spacial score (nSPS) is 11.3. The quantitative estimate of drug-likeness (QED) is 0.0807. The number of fused-ring (bicyclic) bond motifs is 9. The maximum atomic E-state index is 5.74. The summed E-state index contributed by atoms with van der Waals surface area (Å²) < 4.78 is 24.2. The maximum Gasteiger partial charge on any atom is 0.258 e. The summed E-state index contributed by atoms with van der Waals surface area (Å²) in [7, 11) is 0. The molecule has 0 aliphatic heterocycles. The van der Waals surface area contributed by atoms with E-state index in [1.807, 2.05) is 121 Å². The lowest BCUT2D eigenvalue weighted by Gasteiger charge is -2.28. The molecule has 15 nitrogen and oxygen atoms in total. The molecule has 0 N–H and O–H groups in total. The molecule has 0 amide bonds. The van der Waals surface area contributed by atoms with E-state index in [9.17, 15) is 0 Å². The summed E-state index contributed by atoms with van der Waals surface area (Å²) in [5, 5.41) is 20.3. The van der Waals surface area contributed by atoms with Gasteiger partial charge >= 0.3 is 0 Å². The van der Waals surface area contributed by atoms with Crippen molar-refractivity contribution in [1.29, 1.82) is 0 Å². The molecule has 0 aliphatic carbocycles. The van der Waals surface area contributed by atoms with E-state index in [0.717, 1.165) is 124 Å². The Morgan fingerprint density at radius 1 is 0.203 bits per heavy atom. The molecule has 0 radical (unpaired) electrons. The zero-order valence-corrected chi connectivity index (χ0v) is 73.3. The molecule has 18 aromatic carbocycles. The molecule has 636 valence electrons. The summed E-state index contributed by atoms with van der Waals surface area (Å²) in [6.45, 7) is 8.51. The Kier molecular flexibility index (Phi) is 21.6. The van der Waals surface area contributed by atoms with E-state index in [-0.39, 0.29) is 0 Å². The molecule has 0 atom stereocenters. The van der Waals surface area contributed by atoms with Crippen LogP contribution in [0.25, 0.3) is 151 Å². The molecule has 0 saturated carbocycles. The van der Waals surface area contributed by atoms with E-state index >= 15 is 0 Å². The van der Waals surface area contributed by atoms with Crippen LogP contribution in [0.4, 0.5) is 51.2 Å². The number of para-hydroxylation sites is 9. The fraction of sp³-hybridized carbons (Fsp3) is 0.0339. The van der Waals surface area contributed by atoms with Crippen LogP contribution in [0, 0.1) is 27.7 Å². The molecule has 0 saturated heterocycles. The van der Waals surface area contributed by atoms with Gasteiger partial charge in [-0.3, -0.25) is 0 Å². The lowest BCUT2D eigenvalue weighted by atomic mass is 9.99. The molecule has 0 aliphatic rings. The number of anilines is 9. The fourth-order valence-corrected chi connectivity index (χ4v) is 18.3. The first-order valence-corrected chi connectivity index (χ1v) is 44.5. The van der Waals surface area contributed by atoms with E-state index in [1.165, 1.54) is 65.4 Å². The summed E-state index contributed by atoms with van der Waals surface area (Å²) in [5.74, 6) is 3.25. The van der Waals surface area contributed by atoms with Gasteiger partial charge in [0.15, 0.2) is 0 Å².